The number of carbonyl (C=O) groups is 2. The lowest BCUT2D eigenvalue weighted by Crippen LogP contribution is -2.75. The fraction of sp³-hybridized carbons (Fsp3) is 0.895. The molecule has 0 fully saturated rings. The van der Waals surface area contributed by atoms with Gasteiger partial charge in [-0.15, -0.1) is 0 Å². The van der Waals surface area contributed by atoms with E-state index in [2.05, 4.69) is 0 Å². The van der Waals surface area contributed by atoms with Gasteiger partial charge in [0.25, 0.3) is 0 Å². The molecule has 0 atom stereocenters. The summed E-state index contributed by atoms with van der Waals surface area (Å²) in [6.07, 6.45) is 0. The summed E-state index contributed by atoms with van der Waals surface area (Å²) >= 11 is 0. The molecule has 0 unspecified atom stereocenters. The van der Waals surface area contributed by atoms with Crippen LogP contribution in [-0.4, -0.2) is 111 Å². The maximum Gasteiger partial charge on any atom is 0.410 e. The standard InChI is InChI=1S/C10H4F16O2.C9H4F14O2/c1-3(11,12)5(15,16)7(19,20)9(23,24)10(25,26)8(21,22)6(17,18)4(13,14)2(27)28;1-3(10,11)5(14,15)7(18,19)9(22,23)8(20,21)6(16,17)4(12,13)2(24)25/h1H3,(H,27,28);1H3,(H,24,25). The molecule has 0 bridgehead atoms. The molecule has 0 amide bonds. The Morgan fingerprint density at radius 2 is 0.377 bits per heavy atom. The highest BCUT2D eigenvalue weighted by atomic mass is 19.4. The third-order valence-corrected chi connectivity index (χ3v) is 5.98. The molecule has 0 aliphatic heterocycles. The van der Waals surface area contributed by atoms with Gasteiger partial charge in [0.2, 0.25) is 0 Å². The second kappa shape index (κ2) is 13.0. The van der Waals surface area contributed by atoms with Crippen molar-refractivity contribution >= 4 is 11.9 Å². The normalized spacial score (nSPS) is 16.2. The number of hydrogen-bond acceptors (Lipinski definition) is 2. The smallest absolute Gasteiger partial charge is 0.410 e. The summed E-state index contributed by atoms with van der Waals surface area (Å²) in [4.78, 5) is 19.6. The van der Waals surface area contributed by atoms with Gasteiger partial charge in [0.05, 0.1) is 0 Å². The highest BCUT2D eigenvalue weighted by Gasteiger charge is 2.96. The minimum Gasteiger partial charge on any atom is -0.477 e. The zero-order valence-electron chi connectivity index (χ0n) is 23.5. The van der Waals surface area contributed by atoms with Crippen molar-refractivity contribution in [2.24, 2.45) is 0 Å². The van der Waals surface area contributed by atoms with Crippen LogP contribution in [0.1, 0.15) is 13.8 Å². The van der Waals surface area contributed by atoms with E-state index >= 15 is 0 Å². The van der Waals surface area contributed by atoms with Gasteiger partial charge in [-0.3, -0.25) is 0 Å². The molecule has 0 spiro atoms. The quantitative estimate of drug-likeness (QED) is 0.161. The molecular weight excluding hydrogens is 862 g/mol. The second-order valence-electron chi connectivity index (χ2n) is 9.85. The van der Waals surface area contributed by atoms with Gasteiger partial charge in [-0.25, -0.2) is 9.59 Å². The van der Waals surface area contributed by atoms with Crippen LogP contribution >= 0.6 is 0 Å². The molecule has 53 heavy (non-hydrogen) atoms. The van der Waals surface area contributed by atoms with E-state index in [0.29, 0.717) is 0 Å². The summed E-state index contributed by atoms with van der Waals surface area (Å²) in [6, 6.07) is 0. The van der Waals surface area contributed by atoms with E-state index in [1.807, 2.05) is 0 Å². The van der Waals surface area contributed by atoms with Crippen LogP contribution in [0.4, 0.5) is 132 Å². The lowest BCUT2D eigenvalue weighted by Gasteiger charge is -2.42. The molecule has 0 aromatic heterocycles. The number of hydrogen-bond donors (Lipinski definition) is 2. The van der Waals surface area contributed by atoms with Crippen LogP contribution in [0.2, 0.25) is 0 Å². The molecule has 34 heteroatoms. The fourth-order valence-corrected chi connectivity index (χ4v) is 2.59. The predicted molar refractivity (Wildman–Crippen MR) is 101 cm³/mol. The molecule has 0 heterocycles. The summed E-state index contributed by atoms with van der Waals surface area (Å²) in [5, 5.41) is 15.3. The Bertz CT molecular complexity index is 1350. The minimum atomic E-state index is -8.60. The summed E-state index contributed by atoms with van der Waals surface area (Å²) in [5.74, 6) is -125. The van der Waals surface area contributed by atoms with Crippen molar-refractivity contribution in [3.05, 3.63) is 0 Å². The van der Waals surface area contributed by atoms with E-state index in [9.17, 15) is 141 Å². The zero-order chi connectivity index (χ0) is 44.7. The average Bonchev–Trinajstić information content (AvgIpc) is 2.90. The molecule has 0 aromatic carbocycles. The maximum absolute atomic E-state index is 13.1. The minimum absolute atomic E-state index is 1.17. The van der Waals surface area contributed by atoms with Gasteiger partial charge in [-0.2, -0.15) is 132 Å². The Balaban J connectivity index is 0. The van der Waals surface area contributed by atoms with Crippen molar-refractivity contribution in [1.82, 2.24) is 0 Å². The third-order valence-electron chi connectivity index (χ3n) is 5.98. The number of halogens is 30. The largest absolute Gasteiger partial charge is 0.477 e. The van der Waals surface area contributed by atoms with Crippen LogP contribution in [0, 0.1) is 0 Å². The summed E-state index contributed by atoms with van der Waals surface area (Å²) in [7, 11) is 0. The topological polar surface area (TPSA) is 74.6 Å². The van der Waals surface area contributed by atoms with E-state index in [1.165, 1.54) is 0 Å². The first-order valence-corrected chi connectivity index (χ1v) is 11.3. The molecule has 0 radical (unpaired) electrons. The van der Waals surface area contributed by atoms with E-state index in [0.717, 1.165) is 0 Å². The molecule has 318 valence electrons. The second-order valence-corrected chi connectivity index (χ2v) is 9.85. The van der Waals surface area contributed by atoms with Crippen LogP contribution in [0.5, 0.6) is 0 Å². The molecule has 0 aromatic rings. The molecule has 0 saturated carbocycles. The summed E-state index contributed by atoms with van der Waals surface area (Å²) in [5.41, 5.74) is 0. The lowest BCUT2D eigenvalue weighted by molar-refractivity contribution is -0.450. The lowest BCUT2D eigenvalue weighted by atomic mass is 9.88. The van der Waals surface area contributed by atoms with Crippen molar-refractivity contribution in [1.29, 1.82) is 0 Å². The van der Waals surface area contributed by atoms with E-state index in [-0.39, 0.29) is 0 Å². The van der Waals surface area contributed by atoms with Crippen LogP contribution in [0.25, 0.3) is 0 Å². The Morgan fingerprint density at radius 3 is 0.491 bits per heavy atom. The monoisotopic (exact) mass is 870 g/mol. The molecule has 0 rings (SSSR count). The van der Waals surface area contributed by atoms with E-state index in [4.69, 9.17) is 10.2 Å². The Morgan fingerprint density at radius 1 is 0.264 bits per heavy atom. The Hall–Kier alpha value is -3.16. The Labute approximate surface area is 267 Å². The van der Waals surface area contributed by atoms with E-state index < -0.39 is 115 Å². The summed E-state index contributed by atoms with van der Waals surface area (Å²) < 4.78 is 384. The van der Waals surface area contributed by atoms with Gasteiger partial charge in [0.15, 0.2) is 0 Å². The van der Waals surface area contributed by atoms with Gasteiger partial charge in [0.1, 0.15) is 0 Å². The number of carboxylic acids is 2. The van der Waals surface area contributed by atoms with E-state index in [1.54, 1.807) is 0 Å². The van der Waals surface area contributed by atoms with Gasteiger partial charge in [-0.05, 0) is 0 Å². The van der Waals surface area contributed by atoms with Gasteiger partial charge >= 0.3 is 101 Å². The maximum atomic E-state index is 13.1. The van der Waals surface area contributed by atoms with Crippen LogP contribution in [-0.2, 0) is 9.59 Å². The van der Waals surface area contributed by atoms with Crippen molar-refractivity contribution < 1.29 is 152 Å². The third kappa shape index (κ3) is 6.77. The number of carboxylic acid groups (broad SMARTS) is 2. The highest BCUT2D eigenvalue weighted by molar-refractivity contribution is 5.77. The molecular formula is C19H8F30O4. The first-order valence-electron chi connectivity index (χ1n) is 11.3. The number of alkyl halides is 30. The van der Waals surface area contributed by atoms with Crippen molar-refractivity contribution in [2.75, 3.05) is 0 Å². The van der Waals surface area contributed by atoms with Crippen LogP contribution in [0.15, 0.2) is 0 Å². The molecule has 0 aliphatic rings. The molecule has 0 aliphatic carbocycles. The van der Waals surface area contributed by atoms with Crippen LogP contribution in [0.3, 0.4) is 0 Å². The average molecular weight is 870 g/mol. The highest BCUT2D eigenvalue weighted by Crippen LogP contribution is 2.65. The number of aliphatic carboxylic acids is 2. The van der Waals surface area contributed by atoms with Gasteiger partial charge in [0, 0.05) is 13.8 Å². The van der Waals surface area contributed by atoms with Crippen molar-refractivity contribution in [3.8, 4) is 0 Å². The van der Waals surface area contributed by atoms with Crippen LogP contribution < -0.4 is 0 Å². The number of rotatable bonds is 15. The summed E-state index contributed by atoms with van der Waals surface area (Å²) in [6.45, 7) is -2.43. The van der Waals surface area contributed by atoms with Crippen molar-refractivity contribution in [2.45, 2.75) is 103 Å². The van der Waals surface area contributed by atoms with Gasteiger partial charge in [-0.1, -0.05) is 0 Å². The van der Waals surface area contributed by atoms with Crippen molar-refractivity contribution in [3.63, 3.8) is 0 Å². The Kier molecular flexibility index (Phi) is 12.7. The molecule has 4 nitrogen and oxygen atoms in total. The molecule has 0 saturated heterocycles. The first-order chi connectivity index (χ1) is 22.1. The first kappa shape index (κ1) is 51.9. The fourth-order valence-electron chi connectivity index (χ4n) is 2.59. The molecule has 2 N–H and O–H groups in total. The zero-order valence-corrected chi connectivity index (χ0v) is 23.5. The SMILES string of the molecule is CC(F)(F)C(F)(F)C(F)(F)C(F)(F)C(F)(F)C(F)(F)C(F)(F)C(=O)O.CC(F)(F)C(F)(F)C(F)(F)C(F)(F)C(F)(F)C(F)(F)C(F)(F)C(F)(F)C(=O)O. The van der Waals surface area contributed by atoms with Gasteiger partial charge < -0.3 is 10.2 Å². The predicted octanol–water partition coefficient (Wildman–Crippen LogP) is 9.71.